The number of nitrogens with two attached hydrogens (primary N) is 2. The number of hydrogen-bond acceptors (Lipinski definition) is 9. The summed E-state index contributed by atoms with van der Waals surface area (Å²) in [4.78, 5) is 23.2. The topological polar surface area (TPSA) is 185 Å². The smallest absolute Gasteiger partial charge is 0.342 e. The van der Waals surface area contributed by atoms with Crippen molar-refractivity contribution in [2.45, 2.75) is 57.5 Å². The number of carbonyl (C=O) groups is 2. The molecule has 3 unspecified atom stereocenters. The third kappa shape index (κ3) is 6.28. The molecule has 1 fully saturated rings. The number of aromatic hydroxyl groups is 1. The van der Waals surface area contributed by atoms with Gasteiger partial charge in [-0.3, -0.25) is 0 Å². The molecule has 1 aromatic carbocycles. The number of phenolic OH excluding ortho intramolecular Hbond substituents is 1. The molecule has 1 aromatic rings. The summed E-state index contributed by atoms with van der Waals surface area (Å²) < 4.78 is 15.7. The van der Waals surface area contributed by atoms with Crippen molar-refractivity contribution in [1.82, 2.24) is 0 Å². The summed E-state index contributed by atoms with van der Waals surface area (Å²) in [5.41, 5.74) is 5.65. The van der Waals surface area contributed by atoms with Crippen LogP contribution < -0.4 is 11.1 Å². The van der Waals surface area contributed by atoms with Crippen LogP contribution in [-0.2, 0) is 19.0 Å². The Hall–Kier alpha value is -2.44. The van der Waals surface area contributed by atoms with E-state index in [1.54, 1.807) is 7.05 Å². The number of hydrogen-bond donors (Lipinski definition) is 6. The van der Waals surface area contributed by atoms with E-state index in [-0.39, 0.29) is 17.0 Å². The highest BCUT2D eigenvalue weighted by Gasteiger charge is 2.49. The van der Waals surface area contributed by atoms with E-state index in [2.05, 4.69) is 0 Å². The van der Waals surface area contributed by atoms with Gasteiger partial charge in [-0.05, 0) is 25.1 Å². The Kier molecular flexibility index (Phi) is 9.96. The maximum Gasteiger partial charge on any atom is 0.342 e. The van der Waals surface area contributed by atoms with Crippen molar-refractivity contribution >= 4 is 17.6 Å². The molecule has 1 saturated heterocycles. The number of anilines is 1. The predicted octanol–water partition coefficient (Wildman–Crippen LogP) is -1.34. The molecular weight excluding hydrogens is 400 g/mol. The molecule has 1 heterocycles. The second kappa shape index (κ2) is 11.7. The number of carbonyl (C=O) groups excluding carboxylic acids is 1. The summed E-state index contributed by atoms with van der Waals surface area (Å²) in [6.07, 6.45) is -6.29. The van der Waals surface area contributed by atoms with Gasteiger partial charge in [0.15, 0.2) is 12.1 Å². The number of likely N-dealkylation sites (N-methyl/N-ethyl adjacent to an activating group) is 1. The first-order valence-electron chi connectivity index (χ1n) is 9.60. The second-order valence-electron chi connectivity index (χ2n) is 6.42. The predicted molar refractivity (Wildman–Crippen MR) is 105 cm³/mol. The van der Waals surface area contributed by atoms with Crippen LogP contribution in [0.1, 0.15) is 31.1 Å². The molecule has 0 aliphatic carbocycles. The Labute approximate surface area is 174 Å². The van der Waals surface area contributed by atoms with E-state index in [9.17, 15) is 24.9 Å². The molecule has 170 valence electrons. The standard InChI is InChI=1S/C17H24N2O9.C2H6/c1-7(15(22)23)27-14-12(19-2)17(25)28-11(13(14)21)6-26-16(24)9-5-8(18)3-4-10(9)20;1-2/h3-5,7,11-14,17,19-21,25H,6,18H2,1-2H3,(H,22,23);1-2H3/p+1/t7?,11?,12?,13-,14+,17+;/m1./s1. The van der Waals surface area contributed by atoms with Crippen LogP contribution in [0.5, 0.6) is 5.75 Å². The lowest BCUT2D eigenvalue weighted by atomic mass is 9.96. The zero-order valence-electron chi connectivity index (χ0n) is 17.4. The molecular formula is C19H31N2O9+. The molecule has 0 radical (unpaired) electrons. The van der Waals surface area contributed by atoms with Gasteiger partial charge in [-0.1, -0.05) is 13.8 Å². The first kappa shape index (κ1) is 25.6. The number of carboxylic acids is 1. The number of phenols is 1. The summed E-state index contributed by atoms with van der Waals surface area (Å²) in [6.45, 7) is 4.82. The van der Waals surface area contributed by atoms with Crippen molar-refractivity contribution in [3.05, 3.63) is 23.8 Å². The molecule has 0 aromatic heterocycles. The number of ether oxygens (including phenoxy) is 3. The maximum atomic E-state index is 12.2. The number of rotatable bonds is 7. The van der Waals surface area contributed by atoms with Gasteiger partial charge in [-0.15, -0.1) is 0 Å². The molecule has 0 saturated carbocycles. The number of aliphatic hydroxyl groups excluding tert-OH is 2. The summed E-state index contributed by atoms with van der Waals surface area (Å²) in [5.74, 6) is -2.47. The van der Waals surface area contributed by atoms with Crippen molar-refractivity contribution in [3.8, 4) is 5.75 Å². The maximum absolute atomic E-state index is 12.2. The van der Waals surface area contributed by atoms with E-state index in [4.69, 9.17) is 25.1 Å². The Balaban J connectivity index is 0.00000218. The fraction of sp³-hybridized carbons (Fsp3) is 0.579. The van der Waals surface area contributed by atoms with Crippen LogP contribution in [0, 0.1) is 0 Å². The van der Waals surface area contributed by atoms with E-state index in [0.29, 0.717) is 0 Å². The minimum Gasteiger partial charge on any atom is -0.507 e. The number of carboxylic acid groups (broad SMARTS) is 1. The third-order valence-electron chi connectivity index (χ3n) is 4.45. The SMILES string of the molecule is CC.C[NH2+]C1[C@@H](O)OC(COC(=O)c2cc(N)ccc2O)[C@@H](O)[C@H]1OC(C)C(=O)O. The van der Waals surface area contributed by atoms with Crippen LogP contribution in [0.2, 0.25) is 0 Å². The van der Waals surface area contributed by atoms with E-state index in [1.165, 1.54) is 30.4 Å². The highest BCUT2D eigenvalue weighted by molar-refractivity contribution is 5.93. The fourth-order valence-corrected chi connectivity index (χ4v) is 2.86. The van der Waals surface area contributed by atoms with Crippen LogP contribution in [0.4, 0.5) is 5.69 Å². The van der Waals surface area contributed by atoms with Gasteiger partial charge >= 0.3 is 11.9 Å². The Morgan fingerprint density at radius 2 is 1.93 bits per heavy atom. The number of benzene rings is 1. The molecule has 30 heavy (non-hydrogen) atoms. The van der Waals surface area contributed by atoms with Crippen LogP contribution in [0.3, 0.4) is 0 Å². The van der Waals surface area contributed by atoms with E-state index in [0.717, 1.165) is 0 Å². The second-order valence-corrected chi connectivity index (χ2v) is 6.42. The molecule has 11 heteroatoms. The van der Waals surface area contributed by atoms with E-state index in [1.807, 2.05) is 13.8 Å². The Bertz CT molecular complexity index is 715. The van der Waals surface area contributed by atoms with Crippen LogP contribution in [0.25, 0.3) is 0 Å². The average molecular weight is 431 g/mol. The number of quaternary nitrogens is 1. The van der Waals surface area contributed by atoms with Crippen molar-refractivity contribution < 1.29 is 49.5 Å². The molecule has 1 aliphatic rings. The fourth-order valence-electron chi connectivity index (χ4n) is 2.86. The van der Waals surface area contributed by atoms with E-state index < -0.39 is 55.3 Å². The molecule has 2 rings (SSSR count). The van der Waals surface area contributed by atoms with Gasteiger partial charge in [-0.25, -0.2) is 9.59 Å². The number of aliphatic hydroxyl groups is 2. The molecule has 11 nitrogen and oxygen atoms in total. The highest BCUT2D eigenvalue weighted by atomic mass is 16.6. The van der Waals surface area contributed by atoms with Gasteiger partial charge in [0.1, 0.15) is 36.2 Å². The number of nitrogen functional groups attached to an aromatic ring is 1. The minimum absolute atomic E-state index is 0.169. The first-order chi connectivity index (χ1) is 14.1. The zero-order chi connectivity index (χ0) is 23.0. The van der Waals surface area contributed by atoms with Gasteiger partial charge < -0.3 is 45.7 Å². The largest absolute Gasteiger partial charge is 0.507 e. The Morgan fingerprint density at radius 1 is 1.30 bits per heavy atom. The third-order valence-corrected chi connectivity index (χ3v) is 4.45. The zero-order valence-corrected chi connectivity index (χ0v) is 17.4. The van der Waals surface area contributed by atoms with Crippen molar-refractivity contribution in [3.63, 3.8) is 0 Å². The molecule has 0 bridgehead atoms. The minimum atomic E-state index is -1.40. The van der Waals surface area contributed by atoms with Crippen LogP contribution in [0.15, 0.2) is 18.2 Å². The Morgan fingerprint density at radius 3 is 2.50 bits per heavy atom. The van der Waals surface area contributed by atoms with Gasteiger partial charge in [-0.2, -0.15) is 0 Å². The molecule has 1 aliphatic heterocycles. The lowest BCUT2D eigenvalue weighted by Crippen LogP contribution is -2.94. The summed E-state index contributed by atoms with van der Waals surface area (Å²) in [7, 11) is 1.61. The van der Waals surface area contributed by atoms with Crippen molar-refractivity contribution in [2.24, 2.45) is 0 Å². The van der Waals surface area contributed by atoms with Crippen LogP contribution in [-0.4, -0.2) is 82.8 Å². The van der Waals surface area contributed by atoms with Gasteiger partial charge in [0.2, 0.25) is 6.29 Å². The summed E-state index contributed by atoms with van der Waals surface area (Å²) in [6, 6.07) is 3.08. The van der Waals surface area contributed by atoms with E-state index >= 15 is 0 Å². The number of esters is 1. The molecule has 6 atom stereocenters. The van der Waals surface area contributed by atoms with Gasteiger partial charge in [0.25, 0.3) is 0 Å². The summed E-state index contributed by atoms with van der Waals surface area (Å²) >= 11 is 0. The molecule has 0 amide bonds. The monoisotopic (exact) mass is 431 g/mol. The quantitative estimate of drug-likeness (QED) is 0.171. The number of aliphatic carboxylic acids is 1. The van der Waals surface area contributed by atoms with Gasteiger partial charge in [0, 0.05) is 5.69 Å². The average Bonchev–Trinajstić information content (AvgIpc) is 2.72. The normalized spacial score (nSPS) is 26.8. The van der Waals surface area contributed by atoms with Crippen molar-refractivity contribution in [2.75, 3.05) is 19.4 Å². The highest BCUT2D eigenvalue weighted by Crippen LogP contribution is 2.24. The molecule has 8 N–H and O–H groups in total. The van der Waals surface area contributed by atoms with Crippen LogP contribution >= 0.6 is 0 Å². The lowest BCUT2D eigenvalue weighted by molar-refractivity contribution is -0.695. The molecule has 0 spiro atoms. The van der Waals surface area contributed by atoms with Crippen molar-refractivity contribution in [1.29, 1.82) is 0 Å². The first-order valence-corrected chi connectivity index (χ1v) is 9.60. The summed E-state index contributed by atoms with van der Waals surface area (Å²) in [5, 5.41) is 41.0. The lowest BCUT2D eigenvalue weighted by Gasteiger charge is -2.40. The van der Waals surface area contributed by atoms with Gasteiger partial charge in [0.05, 0.1) is 7.05 Å².